The van der Waals surface area contributed by atoms with E-state index in [-0.39, 0.29) is 11.5 Å². The van der Waals surface area contributed by atoms with Crippen molar-refractivity contribution in [2.24, 2.45) is 0 Å². The molecule has 10 nitrogen and oxygen atoms in total. The average molecular weight is 693 g/mol. The molecule has 51 heavy (non-hydrogen) atoms. The molecule has 0 spiro atoms. The molecule has 0 aliphatic carbocycles. The van der Waals surface area contributed by atoms with E-state index in [9.17, 15) is 9.90 Å². The number of benzene rings is 4. The second kappa shape index (κ2) is 13.9. The van der Waals surface area contributed by atoms with Crippen molar-refractivity contribution in [3.05, 3.63) is 150 Å². The number of carbonyl (C=O) groups is 1. The fourth-order valence-electron chi connectivity index (χ4n) is 6.42. The standard InChI is InChI=1S/C39H34F2N4O6/c1-48-29-17-13-27(14-18-29)38(26-11-7-4-8-12-26,28-15-19-30(49-2)20-16-28)50-23-32-33(46)39(40,41)37(51-32)45-22-21-31-34(42-24-43-35(31)45)44-36(47)25-9-5-3-6-10-25/h3-22,24,32-33,37,46H,23H2,1-2H3,(H,42,43,44,47)/t32-,33-,37-/m1/s1. The zero-order valence-corrected chi connectivity index (χ0v) is 27.6. The van der Waals surface area contributed by atoms with Crippen molar-refractivity contribution in [2.75, 3.05) is 26.1 Å². The van der Waals surface area contributed by atoms with E-state index < -0.39 is 42.5 Å². The molecular weight excluding hydrogens is 658 g/mol. The monoisotopic (exact) mass is 692 g/mol. The minimum Gasteiger partial charge on any atom is -0.497 e. The van der Waals surface area contributed by atoms with Gasteiger partial charge in [0.2, 0.25) is 6.23 Å². The Kier molecular flexibility index (Phi) is 9.21. The van der Waals surface area contributed by atoms with Gasteiger partial charge in [-0.3, -0.25) is 4.79 Å². The van der Waals surface area contributed by atoms with Crippen LogP contribution in [0.1, 0.15) is 33.3 Å². The number of aromatic nitrogens is 3. The SMILES string of the molecule is COc1ccc(C(OC[C@H]2O[C@@H](n3ccc4c(NC(=O)c5ccccc5)ncnc43)C(F)(F)[C@@H]2O)(c2ccccc2)c2ccc(OC)cc2)cc1. The van der Waals surface area contributed by atoms with E-state index >= 15 is 8.78 Å². The number of carbonyl (C=O) groups excluding carboxylic acids is 1. The topological polar surface area (TPSA) is 117 Å². The molecule has 12 heteroatoms. The summed E-state index contributed by atoms with van der Waals surface area (Å²) >= 11 is 0. The molecule has 1 amide bonds. The van der Waals surface area contributed by atoms with Crippen LogP contribution in [0.15, 0.2) is 128 Å². The molecule has 0 saturated carbocycles. The maximum absolute atomic E-state index is 16.0. The second-order valence-electron chi connectivity index (χ2n) is 12.0. The Labute approximate surface area is 292 Å². The number of hydrogen-bond acceptors (Lipinski definition) is 8. The van der Waals surface area contributed by atoms with Crippen LogP contribution in [-0.4, -0.2) is 64.5 Å². The molecule has 1 aliphatic heterocycles. The predicted octanol–water partition coefficient (Wildman–Crippen LogP) is 6.60. The number of aliphatic hydroxyl groups is 1. The molecule has 3 heterocycles. The van der Waals surface area contributed by atoms with Crippen LogP contribution in [0.5, 0.6) is 11.5 Å². The van der Waals surface area contributed by atoms with Gasteiger partial charge in [-0.1, -0.05) is 72.8 Å². The highest BCUT2D eigenvalue weighted by Gasteiger charge is 2.60. The van der Waals surface area contributed by atoms with Crippen LogP contribution in [-0.2, 0) is 15.1 Å². The van der Waals surface area contributed by atoms with Gasteiger partial charge in [-0.2, -0.15) is 8.78 Å². The van der Waals surface area contributed by atoms with Gasteiger partial charge in [0.15, 0.2) is 6.10 Å². The van der Waals surface area contributed by atoms with E-state index in [4.69, 9.17) is 18.9 Å². The second-order valence-corrected chi connectivity index (χ2v) is 12.0. The number of nitrogens with one attached hydrogen (secondary N) is 1. The summed E-state index contributed by atoms with van der Waals surface area (Å²) in [5.74, 6) is -2.79. The lowest BCUT2D eigenvalue weighted by molar-refractivity contribution is -0.138. The number of nitrogens with zero attached hydrogens (tertiary/aromatic N) is 3. The minimum absolute atomic E-state index is 0.0851. The maximum atomic E-state index is 16.0. The molecule has 3 atom stereocenters. The molecule has 0 unspecified atom stereocenters. The van der Waals surface area contributed by atoms with Crippen molar-refractivity contribution in [3.63, 3.8) is 0 Å². The number of methoxy groups -OCH3 is 2. The number of alkyl halides is 2. The number of hydrogen-bond donors (Lipinski definition) is 2. The van der Waals surface area contributed by atoms with E-state index in [0.717, 1.165) is 4.57 Å². The van der Waals surface area contributed by atoms with Gasteiger partial charge in [0.25, 0.3) is 5.91 Å². The summed E-state index contributed by atoms with van der Waals surface area (Å²) < 4.78 is 56.7. The number of amides is 1. The molecule has 260 valence electrons. The Morgan fingerprint density at radius 1 is 0.843 bits per heavy atom. The van der Waals surface area contributed by atoms with Crippen molar-refractivity contribution in [1.82, 2.24) is 14.5 Å². The van der Waals surface area contributed by atoms with E-state index in [1.54, 1.807) is 68.8 Å². The Morgan fingerprint density at radius 2 is 1.41 bits per heavy atom. The van der Waals surface area contributed by atoms with Gasteiger partial charge in [-0.05, 0) is 59.2 Å². The van der Waals surface area contributed by atoms with Crippen molar-refractivity contribution in [1.29, 1.82) is 0 Å². The van der Waals surface area contributed by atoms with Gasteiger partial charge in [0.1, 0.15) is 41.0 Å². The fraction of sp³-hybridized carbons (Fsp3) is 0.205. The number of halogens is 2. The molecule has 1 fully saturated rings. The van der Waals surface area contributed by atoms with Gasteiger partial charge in [0, 0.05) is 11.8 Å². The summed E-state index contributed by atoms with van der Waals surface area (Å²) in [5, 5.41) is 14.2. The highest BCUT2D eigenvalue weighted by molar-refractivity contribution is 6.07. The Morgan fingerprint density at radius 3 is 2.00 bits per heavy atom. The summed E-state index contributed by atoms with van der Waals surface area (Å²) in [4.78, 5) is 21.3. The molecule has 1 aliphatic rings. The molecule has 1 saturated heterocycles. The highest BCUT2D eigenvalue weighted by atomic mass is 19.3. The Balaban J connectivity index is 1.22. The van der Waals surface area contributed by atoms with Crippen LogP contribution in [0.25, 0.3) is 11.0 Å². The summed E-state index contributed by atoms with van der Waals surface area (Å²) in [6.45, 7) is -0.424. The first-order chi connectivity index (χ1) is 24.8. The summed E-state index contributed by atoms with van der Waals surface area (Å²) in [6, 6.07) is 34.0. The first-order valence-electron chi connectivity index (χ1n) is 16.1. The molecular formula is C39H34F2N4O6. The van der Waals surface area contributed by atoms with Gasteiger partial charge in [-0.15, -0.1) is 0 Å². The number of rotatable bonds is 11. The smallest absolute Gasteiger partial charge is 0.320 e. The third-order valence-electron chi connectivity index (χ3n) is 9.05. The number of fused-ring (bicyclic) bond motifs is 1. The number of anilines is 1. The van der Waals surface area contributed by atoms with Crippen molar-refractivity contribution in [3.8, 4) is 11.5 Å². The van der Waals surface area contributed by atoms with Gasteiger partial charge in [-0.25, -0.2) is 9.97 Å². The van der Waals surface area contributed by atoms with E-state index in [2.05, 4.69) is 15.3 Å². The third kappa shape index (κ3) is 6.18. The van der Waals surface area contributed by atoms with Crippen LogP contribution in [0, 0.1) is 0 Å². The van der Waals surface area contributed by atoms with Gasteiger partial charge >= 0.3 is 5.92 Å². The quantitative estimate of drug-likeness (QED) is 0.146. The van der Waals surface area contributed by atoms with Crippen LogP contribution >= 0.6 is 0 Å². The van der Waals surface area contributed by atoms with E-state index in [1.807, 2.05) is 54.6 Å². The number of aliphatic hydroxyl groups excluding tert-OH is 1. The van der Waals surface area contributed by atoms with Crippen LogP contribution in [0.3, 0.4) is 0 Å². The first kappa shape index (κ1) is 33.8. The van der Waals surface area contributed by atoms with E-state index in [0.29, 0.717) is 39.1 Å². The maximum Gasteiger partial charge on any atom is 0.320 e. The Bertz CT molecular complexity index is 2060. The van der Waals surface area contributed by atoms with Crippen LogP contribution < -0.4 is 14.8 Å². The Hall–Kier alpha value is -5.69. The lowest BCUT2D eigenvalue weighted by atomic mass is 9.80. The fourth-order valence-corrected chi connectivity index (χ4v) is 6.42. The summed E-state index contributed by atoms with van der Waals surface area (Å²) in [7, 11) is 3.13. The minimum atomic E-state index is -3.76. The largest absolute Gasteiger partial charge is 0.497 e. The molecule has 0 radical (unpaired) electrons. The lowest BCUT2D eigenvalue weighted by Crippen LogP contribution is -2.42. The third-order valence-corrected chi connectivity index (χ3v) is 9.05. The summed E-state index contributed by atoms with van der Waals surface area (Å²) in [5.41, 5.74) is 1.25. The van der Waals surface area contributed by atoms with E-state index in [1.165, 1.54) is 18.6 Å². The molecule has 7 rings (SSSR count). The van der Waals surface area contributed by atoms with Crippen molar-refractivity contribution < 1.29 is 37.6 Å². The molecule has 0 bridgehead atoms. The number of ether oxygens (including phenoxy) is 4. The summed E-state index contributed by atoms with van der Waals surface area (Å²) in [6.07, 6.45) is -3.10. The van der Waals surface area contributed by atoms with Crippen molar-refractivity contribution >= 4 is 22.8 Å². The highest BCUT2D eigenvalue weighted by Crippen LogP contribution is 2.47. The zero-order valence-electron chi connectivity index (χ0n) is 27.6. The van der Waals surface area contributed by atoms with Gasteiger partial charge < -0.3 is 33.9 Å². The predicted molar refractivity (Wildman–Crippen MR) is 185 cm³/mol. The zero-order chi connectivity index (χ0) is 35.6. The molecule has 6 aromatic rings. The van der Waals surface area contributed by atoms with Crippen LogP contribution in [0.4, 0.5) is 14.6 Å². The molecule has 2 aromatic heterocycles. The van der Waals surface area contributed by atoms with Crippen LogP contribution in [0.2, 0.25) is 0 Å². The first-order valence-corrected chi connectivity index (χ1v) is 16.1. The molecule has 2 N–H and O–H groups in total. The normalized spacial score (nSPS) is 18.4. The average Bonchev–Trinajstić information content (AvgIpc) is 3.70. The van der Waals surface area contributed by atoms with Gasteiger partial charge in [0.05, 0.1) is 26.2 Å². The molecule has 4 aromatic carbocycles. The lowest BCUT2D eigenvalue weighted by Gasteiger charge is -2.37. The van der Waals surface area contributed by atoms with Crippen molar-refractivity contribution in [2.45, 2.75) is 30.0 Å².